The molecule has 162 valence electrons. The van der Waals surface area contributed by atoms with E-state index in [4.69, 9.17) is 14.6 Å². The topological polar surface area (TPSA) is 152 Å². The van der Waals surface area contributed by atoms with Gasteiger partial charge in [0.1, 0.15) is 24.6 Å². The highest BCUT2D eigenvalue weighted by atomic mass is 16.6. The van der Waals surface area contributed by atoms with Gasteiger partial charge in [-0.05, 0) is 23.8 Å². The number of anilines is 2. The maximum atomic E-state index is 10.6. The summed E-state index contributed by atoms with van der Waals surface area (Å²) in [5.41, 5.74) is 2.34. The number of rotatable bonds is 7. The Labute approximate surface area is 176 Å². The average Bonchev–Trinajstić information content (AvgIpc) is 3.31. The largest absolute Gasteiger partial charge is 0.478 e. The number of aromatic nitrogens is 4. The summed E-state index contributed by atoms with van der Waals surface area (Å²) in [4.78, 5) is 23.5. The number of carbonyl (C=O) groups is 1. The summed E-state index contributed by atoms with van der Waals surface area (Å²) in [7, 11) is 1.49. The van der Waals surface area contributed by atoms with Crippen LogP contribution in [0.1, 0.15) is 11.8 Å². The zero-order valence-corrected chi connectivity index (χ0v) is 16.5. The first kappa shape index (κ1) is 20.9. The molecule has 1 aliphatic rings. The number of ether oxygens (including phenoxy) is 2. The first-order valence-corrected chi connectivity index (χ1v) is 9.44. The van der Waals surface area contributed by atoms with Gasteiger partial charge in [-0.25, -0.2) is 19.7 Å². The number of aliphatic carboxylic acids is 1. The summed E-state index contributed by atoms with van der Waals surface area (Å²) in [6.07, 6.45) is 1.58. The standard InChI is InChI=1S/C20H21N5O6/c1-30-8-13-16(28)17(29)20(31-13)25-10-23-15-18(21-9-22-19(15)25)24-12-5-2-11(3-6-12)4-7-14(26)27/h2-7,9-10,13,16-17,20,28-29H,8H2,1H3,(H,26,27)(H,21,22,24)/t13-,16-,17-,20-/m1/s1. The lowest BCUT2D eigenvalue weighted by Crippen LogP contribution is -2.33. The average molecular weight is 427 g/mol. The van der Waals surface area contributed by atoms with E-state index in [9.17, 15) is 15.0 Å². The summed E-state index contributed by atoms with van der Waals surface area (Å²) in [6.45, 7) is 0.140. The molecule has 0 radical (unpaired) electrons. The van der Waals surface area contributed by atoms with E-state index in [1.165, 1.54) is 25.8 Å². The molecule has 1 fully saturated rings. The molecule has 3 heterocycles. The molecule has 1 saturated heterocycles. The number of carboxylic acid groups (broad SMARTS) is 1. The number of nitrogens with zero attached hydrogens (tertiary/aromatic N) is 4. The van der Waals surface area contributed by atoms with Crippen LogP contribution in [0.25, 0.3) is 17.2 Å². The number of hydrogen-bond acceptors (Lipinski definition) is 9. The SMILES string of the molecule is COC[C@H]1O[C@@H](n2cnc3c(Nc4ccc(C=CC(=O)O)cc4)ncnc32)[C@H](O)[C@@H]1O. The number of fused-ring (bicyclic) bond motifs is 1. The van der Waals surface area contributed by atoms with Crippen molar-refractivity contribution >= 4 is 34.7 Å². The van der Waals surface area contributed by atoms with Gasteiger partial charge in [-0.2, -0.15) is 0 Å². The highest BCUT2D eigenvalue weighted by molar-refractivity contribution is 5.86. The molecule has 4 N–H and O–H groups in total. The minimum atomic E-state index is -1.17. The van der Waals surface area contributed by atoms with Crippen LogP contribution in [0.15, 0.2) is 43.0 Å². The molecular formula is C20H21N5O6. The minimum Gasteiger partial charge on any atom is -0.478 e. The maximum absolute atomic E-state index is 10.6. The molecule has 3 aromatic rings. The number of hydrogen-bond donors (Lipinski definition) is 4. The maximum Gasteiger partial charge on any atom is 0.328 e. The predicted molar refractivity (Wildman–Crippen MR) is 110 cm³/mol. The third-order valence-electron chi connectivity index (χ3n) is 4.89. The molecule has 11 heteroatoms. The van der Waals surface area contributed by atoms with E-state index < -0.39 is 30.5 Å². The van der Waals surface area contributed by atoms with Gasteiger partial charge in [0.2, 0.25) is 0 Å². The van der Waals surface area contributed by atoms with E-state index in [0.29, 0.717) is 17.0 Å². The summed E-state index contributed by atoms with van der Waals surface area (Å²) >= 11 is 0. The van der Waals surface area contributed by atoms with Crippen LogP contribution >= 0.6 is 0 Å². The van der Waals surface area contributed by atoms with E-state index in [1.54, 1.807) is 28.8 Å². The van der Waals surface area contributed by atoms with Crippen molar-refractivity contribution in [3.8, 4) is 0 Å². The number of aliphatic hydroxyl groups excluding tert-OH is 2. The Balaban J connectivity index is 1.57. The van der Waals surface area contributed by atoms with Crippen LogP contribution in [-0.4, -0.2) is 72.8 Å². The lowest BCUT2D eigenvalue weighted by Gasteiger charge is -2.16. The van der Waals surface area contributed by atoms with Crippen LogP contribution in [0.4, 0.5) is 11.5 Å². The minimum absolute atomic E-state index is 0.140. The van der Waals surface area contributed by atoms with Gasteiger partial charge < -0.3 is 30.1 Å². The number of carboxylic acids is 1. The van der Waals surface area contributed by atoms with Gasteiger partial charge in [-0.15, -0.1) is 0 Å². The van der Waals surface area contributed by atoms with Crippen LogP contribution in [0.5, 0.6) is 0 Å². The van der Waals surface area contributed by atoms with Gasteiger partial charge in [0, 0.05) is 18.9 Å². The molecular weight excluding hydrogens is 406 g/mol. The zero-order valence-electron chi connectivity index (χ0n) is 16.5. The Morgan fingerprint density at radius 1 is 1.23 bits per heavy atom. The van der Waals surface area contributed by atoms with Crippen molar-refractivity contribution in [2.45, 2.75) is 24.5 Å². The molecule has 4 atom stereocenters. The molecule has 2 aromatic heterocycles. The van der Waals surface area contributed by atoms with Gasteiger partial charge in [0.15, 0.2) is 23.2 Å². The second-order valence-corrected chi connectivity index (χ2v) is 6.97. The highest BCUT2D eigenvalue weighted by Crippen LogP contribution is 2.32. The summed E-state index contributed by atoms with van der Waals surface area (Å²) < 4.78 is 12.3. The first-order valence-electron chi connectivity index (χ1n) is 9.44. The molecule has 1 aromatic carbocycles. The molecule has 11 nitrogen and oxygen atoms in total. The molecule has 0 unspecified atom stereocenters. The molecule has 1 aliphatic heterocycles. The highest BCUT2D eigenvalue weighted by Gasteiger charge is 2.44. The van der Waals surface area contributed by atoms with Gasteiger partial charge >= 0.3 is 5.97 Å². The van der Waals surface area contributed by atoms with Crippen LogP contribution in [0.3, 0.4) is 0 Å². The Morgan fingerprint density at radius 2 is 2.00 bits per heavy atom. The van der Waals surface area contributed by atoms with Crippen molar-refractivity contribution in [1.29, 1.82) is 0 Å². The van der Waals surface area contributed by atoms with E-state index in [2.05, 4.69) is 20.3 Å². The number of aliphatic hydroxyl groups is 2. The smallest absolute Gasteiger partial charge is 0.328 e. The van der Waals surface area contributed by atoms with E-state index in [-0.39, 0.29) is 6.61 Å². The number of benzene rings is 1. The van der Waals surface area contributed by atoms with E-state index in [1.807, 2.05) is 0 Å². The first-order chi connectivity index (χ1) is 15.0. The van der Waals surface area contributed by atoms with Crippen LogP contribution in [0.2, 0.25) is 0 Å². The molecule has 0 amide bonds. The third-order valence-corrected chi connectivity index (χ3v) is 4.89. The quantitative estimate of drug-likeness (QED) is 0.401. The van der Waals surface area contributed by atoms with Crippen molar-refractivity contribution < 1.29 is 29.6 Å². The third kappa shape index (κ3) is 4.25. The fourth-order valence-electron chi connectivity index (χ4n) is 3.37. The lowest BCUT2D eigenvalue weighted by molar-refractivity contribution is -0.131. The van der Waals surface area contributed by atoms with Crippen molar-refractivity contribution in [3.05, 3.63) is 48.6 Å². The Bertz CT molecular complexity index is 1100. The zero-order chi connectivity index (χ0) is 22.0. The van der Waals surface area contributed by atoms with Crippen molar-refractivity contribution in [2.75, 3.05) is 19.0 Å². The van der Waals surface area contributed by atoms with Crippen LogP contribution in [0, 0.1) is 0 Å². The van der Waals surface area contributed by atoms with Crippen molar-refractivity contribution in [2.24, 2.45) is 0 Å². The van der Waals surface area contributed by atoms with Gasteiger partial charge in [-0.1, -0.05) is 12.1 Å². The second-order valence-electron chi connectivity index (χ2n) is 6.97. The summed E-state index contributed by atoms with van der Waals surface area (Å²) in [6, 6.07) is 7.08. The van der Waals surface area contributed by atoms with Crippen molar-refractivity contribution in [3.63, 3.8) is 0 Å². The van der Waals surface area contributed by atoms with Gasteiger partial charge in [0.05, 0.1) is 12.9 Å². The number of methoxy groups -OCH3 is 1. The second kappa shape index (κ2) is 8.78. The van der Waals surface area contributed by atoms with E-state index >= 15 is 0 Å². The Kier molecular flexibility index (Phi) is 5.91. The molecule has 0 saturated carbocycles. The normalized spacial score (nSPS) is 23.6. The van der Waals surface area contributed by atoms with Gasteiger partial charge in [0.25, 0.3) is 0 Å². The van der Waals surface area contributed by atoms with Crippen LogP contribution < -0.4 is 5.32 Å². The molecule has 0 spiro atoms. The van der Waals surface area contributed by atoms with Gasteiger partial charge in [-0.3, -0.25) is 4.57 Å². The number of nitrogens with one attached hydrogen (secondary N) is 1. The predicted octanol–water partition coefficient (Wildman–Crippen LogP) is 0.933. The van der Waals surface area contributed by atoms with E-state index in [0.717, 1.165) is 17.3 Å². The summed E-state index contributed by atoms with van der Waals surface area (Å²) in [5.74, 6) is -0.572. The molecule has 0 aliphatic carbocycles. The lowest BCUT2D eigenvalue weighted by atomic mass is 10.1. The summed E-state index contributed by atoms with van der Waals surface area (Å²) in [5, 5.41) is 32.5. The monoisotopic (exact) mass is 427 g/mol. The number of imidazole rings is 1. The molecule has 31 heavy (non-hydrogen) atoms. The molecule has 4 rings (SSSR count). The Hall–Kier alpha value is -3.38. The van der Waals surface area contributed by atoms with Crippen molar-refractivity contribution in [1.82, 2.24) is 19.5 Å². The fourth-order valence-corrected chi connectivity index (χ4v) is 3.37. The molecule has 0 bridgehead atoms. The van der Waals surface area contributed by atoms with Crippen LogP contribution in [-0.2, 0) is 14.3 Å². The fraction of sp³-hybridized carbons (Fsp3) is 0.300. The Morgan fingerprint density at radius 3 is 2.71 bits per heavy atom.